The Balaban J connectivity index is 1.59. The third kappa shape index (κ3) is 6.16. The van der Waals surface area contributed by atoms with E-state index in [0.29, 0.717) is 77.5 Å². The zero-order valence-electron chi connectivity index (χ0n) is 15.9. The summed E-state index contributed by atoms with van der Waals surface area (Å²) in [7, 11) is 0. The Morgan fingerprint density at radius 3 is 1.29 bits per heavy atom. The van der Waals surface area contributed by atoms with Gasteiger partial charge in [-0.25, -0.2) is 9.59 Å². The Morgan fingerprint density at radius 2 is 1.00 bits per heavy atom. The van der Waals surface area contributed by atoms with Crippen molar-refractivity contribution in [2.75, 3.05) is 26.2 Å². The number of piperidine rings is 2. The minimum absolute atomic E-state index is 0.00611. The predicted octanol–water partition coefficient (Wildman–Crippen LogP) is 1.06. The standard InChI is InChI=1S/C18H28N2O8/c21-15(19-9-5-13(6-10-19)17(23)27-25)3-1-2-4-16(22)20-11-7-14(8-12-20)18(24)28-26/h13-14,25-26H,1-12H2. The van der Waals surface area contributed by atoms with E-state index in [1.54, 1.807) is 9.80 Å². The van der Waals surface area contributed by atoms with Gasteiger partial charge in [0.25, 0.3) is 0 Å². The highest BCUT2D eigenvalue weighted by molar-refractivity contribution is 5.78. The third-order valence-corrected chi connectivity index (χ3v) is 5.57. The van der Waals surface area contributed by atoms with Crippen LogP contribution in [-0.4, -0.2) is 70.2 Å². The lowest BCUT2D eigenvalue weighted by molar-refractivity contribution is -0.240. The molecule has 158 valence electrons. The van der Waals surface area contributed by atoms with Crippen LogP contribution in [0.3, 0.4) is 0 Å². The van der Waals surface area contributed by atoms with Crippen molar-refractivity contribution in [1.82, 2.24) is 9.80 Å². The van der Waals surface area contributed by atoms with Crippen LogP contribution in [0.15, 0.2) is 0 Å². The van der Waals surface area contributed by atoms with E-state index in [1.165, 1.54) is 0 Å². The van der Waals surface area contributed by atoms with Gasteiger partial charge >= 0.3 is 11.9 Å². The molecule has 0 aromatic heterocycles. The molecule has 0 aliphatic carbocycles. The fourth-order valence-electron chi connectivity index (χ4n) is 3.75. The summed E-state index contributed by atoms with van der Waals surface area (Å²) in [4.78, 5) is 57.9. The van der Waals surface area contributed by atoms with Gasteiger partial charge in [-0.1, -0.05) is 0 Å². The van der Waals surface area contributed by atoms with E-state index in [4.69, 9.17) is 10.5 Å². The summed E-state index contributed by atoms with van der Waals surface area (Å²) in [5.74, 6) is -2.02. The van der Waals surface area contributed by atoms with Gasteiger partial charge in [0, 0.05) is 39.0 Å². The van der Waals surface area contributed by atoms with E-state index < -0.39 is 11.9 Å². The SMILES string of the molecule is O=C(OO)C1CCN(C(=O)CCCCC(=O)N2CCC(C(=O)OO)CC2)CC1. The Kier molecular flexibility index (Phi) is 8.65. The van der Waals surface area contributed by atoms with Crippen molar-refractivity contribution in [3.05, 3.63) is 0 Å². The molecule has 0 atom stereocenters. The first-order chi connectivity index (χ1) is 13.5. The number of hydrogen-bond acceptors (Lipinski definition) is 8. The van der Waals surface area contributed by atoms with Crippen LogP contribution in [0.2, 0.25) is 0 Å². The van der Waals surface area contributed by atoms with Crippen LogP contribution in [0, 0.1) is 11.8 Å². The van der Waals surface area contributed by atoms with E-state index >= 15 is 0 Å². The fraction of sp³-hybridized carbons (Fsp3) is 0.778. The summed E-state index contributed by atoms with van der Waals surface area (Å²) >= 11 is 0. The van der Waals surface area contributed by atoms with Crippen molar-refractivity contribution < 1.29 is 39.5 Å². The van der Waals surface area contributed by atoms with Crippen LogP contribution >= 0.6 is 0 Å². The maximum atomic E-state index is 12.2. The minimum Gasteiger partial charge on any atom is -0.343 e. The molecular formula is C18H28N2O8. The molecule has 0 aromatic rings. The summed E-state index contributed by atoms with van der Waals surface area (Å²) in [5.41, 5.74) is 0. The molecule has 2 saturated heterocycles. The fourth-order valence-corrected chi connectivity index (χ4v) is 3.75. The van der Waals surface area contributed by atoms with Crippen LogP contribution < -0.4 is 0 Å². The molecule has 0 saturated carbocycles. The molecule has 10 nitrogen and oxygen atoms in total. The molecule has 2 aliphatic heterocycles. The Hall–Kier alpha value is -2.20. The van der Waals surface area contributed by atoms with Crippen molar-refractivity contribution >= 4 is 23.8 Å². The van der Waals surface area contributed by atoms with Crippen LogP contribution in [-0.2, 0) is 29.0 Å². The molecule has 0 aromatic carbocycles. The molecule has 28 heavy (non-hydrogen) atoms. The zero-order chi connectivity index (χ0) is 20.5. The van der Waals surface area contributed by atoms with E-state index in [0.717, 1.165) is 0 Å². The predicted molar refractivity (Wildman–Crippen MR) is 94.5 cm³/mol. The summed E-state index contributed by atoms with van der Waals surface area (Å²) in [6.45, 7) is 1.84. The molecular weight excluding hydrogens is 372 g/mol. The highest BCUT2D eigenvalue weighted by Gasteiger charge is 2.29. The van der Waals surface area contributed by atoms with Crippen molar-refractivity contribution in [3.8, 4) is 0 Å². The summed E-state index contributed by atoms with van der Waals surface area (Å²) < 4.78 is 0. The number of carbonyl (C=O) groups is 4. The highest BCUT2D eigenvalue weighted by Crippen LogP contribution is 2.21. The van der Waals surface area contributed by atoms with Crippen molar-refractivity contribution in [2.45, 2.75) is 51.4 Å². The molecule has 10 heteroatoms. The maximum absolute atomic E-state index is 12.2. The maximum Gasteiger partial charge on any atom is 0.345 e. The molecule has 2 heterocycles. The minimum atomic E-state index is -0.650. The van der Waals surface area contributed by atoms with Crippen LogP contribution in [0.5, 0.6) is 0 Å². The number of hydrogen-bond donors (Lipinski definition) is 2. The van der Waals surface area contributed by atoms with Crippen molar-refractivity contribution in [1.29, 1.82) is 0 Å². The first-order valence-electron chi connectivity index (χ1n) is 9.72. The molecule has 2 amide bonds. The van der Waals surface area contributed by atoms with Gasteiger partial charge in [-0.05, 0) is 38.5 Å². The summed E-state index contributed by atoms with van der Waals surface area (Å²) in [5, 5.41) is 16.8. The lowest BCUT2D eigenvalue weighted by Crippen LogP contribution is -2.41. The molecule has 2 aliphatic rings. The second kappa shape index (κ2) is 11.0. The largest absolute Gasteiger partial charge is 0.345 e. The quantitative estimate of drug-likeness (QED) is 0.368. The van der Waals surface area contributed by atoms with Gasteiger partial charge in [-0.15, -0.1) is 0 Å². The molecule has 0 radical (unpaired) electrons. The van der Waals surface area contributed by atoms with Crippen LogP contribution in [0.1, 0.15) is 51.4 Å². The van der Waals surface area contributed by atoms with Gasteiger partial charge in [-0.2, -0.15) is 10.5 Å². The molecule has 2 N–H and O–H groups in total. The second-order valence-corrected chi connectivity index (χ2v) is 7.34. The number of rotatable bonds is 7. The van der Waals surface area contributed by atoms with Crippen LogP contribution in [0.4, 0.5) is 0 Å². The molecule has 2 rings (SSSR count). The second-order valence-electron chi connectivity index (χ2n) is 7.34. The van der Waals surface area contributed by atoms with Gasteiger partial charge in [-0.3, -0.25) is 9.59 Å². The highest BCUT2D eigenvalue weighted by atomic mass is 17.1. The third-order valence-electron chi connectivity index (χ3n) is 5.57. The van der Waals surface area contributed by atoms with Crippen molar-refractivity contribution in [3.63, 3.8) is 0 Å². The van der Waals surface area contributed by atoms with Gasteiger partial charge in [0.1, 0.15) is 0 Å². The average Bonchev–Trinajstić information content (AvgIpc) is 2.75. The number of unbranched alkanes of at least 4 members (excludes halogenated alkanes) is 1. The number of nitrogens with zero attached hydrogens (tertiary/aromatic N) is 2. The Morgan fingerprint density at radius 1 is 0.679 bits per heavy atom. The number of likely N-dealkylation sites (tertiary alicyclic amines) is 2. The number of carbonyl (C=O) groups excluding carboxylic acids is 4. The number of amides is 2. The first kappa shape index (κ1) is 22.1. The van der Waals surface area contributed by atoms with E-state index in [9.17, 15) is 19.2 Å². The summed E-state index contributed by atoms with van der Waals surface area (Å²) in [6.07, 6.45) is 3.83. The van der Waals surface area contributed by atoms with Gasteiger partial charge in [0.15, 0.2) is 0 Å². The average molecular weight is 400 g/mol. The first-order valence-corrected chi connectivity index (χ1v) is 9.72. The zero-order valence-corrected chi connectivity index (χ0v) is 15.9. The van der Waals surface area contributed by atoms with Gasteiger partial charge < -0.3 is 19.6 Å². The molecule has 0 unspecified atom stereocenters. The Bertz CT molecular complexity index is 516. The van der Waals surface area contributed by atoms with E-state index in [-0.39, 0.29) is 23.7 Å². The normalized spacial score (nSPS) is 18.6. The molecule has 0 bridgehead atoms. The van der Waals surface area contributed by atoms with Gasteiger partial charge in [0.05, 0.1) is 11.8 Å². The molecule has 0 spiro atoms. The molecule has 2 fully saturated rings. The van der Waals surface area contributed by atoms with Gasteiger partial charge in [0.2, 0.25) is 11.8 Å². The monoisotopic (exact) mass is 400 g/mol. The summed E-state index contributed by atoms with van der Waals surface area (Å²) in [6, 6.07) is 0. The van der Waals surface area contributed by atoms with E-state index in [2.05, 4.69) is 9.78 Å². The Labute approximate surface area is 163 Å². The van der Waals surface area contributed by atoms with Crippen LogP contribution in [0.25, 0.3) is 0 Å². The lowest BCUT2D eigenvalue weighted by atomic mass is 9.96. The van der Waals surface area contributed by atoms with Crippen molar-refractivity contribution in [2.24, 2.45) is 11.8 Å². The van der Waals surface area contributed by atoms with E-state index in [1.807, 2.05) is 0 Å². The smallest absolute Gasteiger partial charge is 0.343 e. The lowest BCUT2D eigenvalue weighted by Gasteiger charge is -2.31. The topological polar surface area (TPSA) is 134 Å².